The van der Waals surface area contributed by atoms with Crippen molar-refractivity contribution in [3.63, 3.8) is 0 Å². The Morgan fingerprint density at radius 1 is 1.00 bits per heavy atom. The van der Waals surface area contributed by atoms with Crippen molar-refractivity contribution in [3.8, 4) is 5.75 Å². The lowest BCUT2D eigenvalue weighted by molar-refractivity contribution is 0.0628. The molecule has 1 fully saturated rings. The Labute approximate surface area is 176 Å². The van der Waals surface area contributed by atoms with E-state index in [1.54, 1.807) is 4.68 Å². The van der Waals surface area contributed by atoms with E-state index < -0.39 is 0 Å². The van der Waals surface area contributed by atoms with Crippen molar-refractivity contribution in [2.24, 2.45) is 0 Å². The van der Waals surface area contributed by atoms with Crippen LogP contribution < -0.4 is 4.74 Å². The third kappa shape index (κ3) is 4.83. The normalized spacial score (nSPS) is 14.6. The number of carbonyl (C=O) groups excluding carboxylic acids is 1. The fraction of sp³-hybridized carbons (Fsp3) is 0.364. The molecule has 30 heavy (non-hydrogen) atoms. The van der Waals surface area contributed by atoms with Crippen LogP contribution in [0.15, 0.2) is 54.6 Å². The molecule has 0 spiro atoms. The maximum atomic E-state index is 12.8. The third-order valence-electron chi connectivity index (χ3n) is 5.28. The van der Waals surface area contributed by atoms with E-state index in [0.29, 0.717) is 23.7 Å². The van der Waals surface area contributed by atoms with Crippen LogP contribution in [-0.4, -0.2) is 62.1 Å². The van der Waals surface area contributed by atoms with Crippen LogP contribution in [0.25, 0.3) is 0 Å². The summed E-state index contributed by atoms with van der Waals surface area (Å²) in [5, 5.41) is 11.5. The average molecular weight is 406 g/mol. The summed E-state index contributed by atoms with van der Waals surface area (Å²) in [5.41, 5.74) is 1.98. The molecule has 156 valence electrons. The number of benzene rings is 2. The molecule has 0 N–H and O–H groups in total. The minimum atomic E-state index is 0.0656. The van der Waals surface area contributed by atoms with Crippen molar-refractivity contribution >= 4 is 5.91 Å². The highest BCUT2D eigenvalue weighted by atomic mass is 16.5. The molecule has 2 aromatic carbocycles. The lowest BCUT2D eigenvalue weighted by atomic mass is 10.1. The van der Waals surface area contributed by atoms with Gasteiger partial charge in [0.25, 0.3) is 5.91 Å². The molecule has 3 aromatic rings. The summed E-state index contributed by atoms with van der Waals surface area (Å²) >= 11 is 0. The molecule has 1 aliphatic heterocycles. The maximum Gasteiger partial charge on any atom is 0.253 e. The Morgan fingerprint density at radius 2 is 1.73 bits per heavy atom. The number of piperazine rings is 1. The minimum Gasteiger partial charge on any atom is -0.486 e. The molecule has 2 heterocycles. The molecule has 8 nitrogen and oxygen atoms in total. The molecule has 1 aliphatic rings. The molecule has 1 saturated heterocycles. The van der Waals surface area contributed by atoms with Crippen LogP contribution in [0, 0.1) is 0 Å². The van der Waals surface area contributed by atoms with Crippen LogP contribution in [0.1, 0.15) is 28.7 Å². The van der Waals surface area contributed by atoms with Gasteiger partial charge in [-0.15, -0.1) is 5.10 Å². The Hall–Kier alpha value is -3.26. The smallest absolute Gasteiger partial charge is 0.253 e. The van der Waals surface area contributed by atoms with Crippen LogP contribution in [-0.2, 0) is 19.7 Å². The van der Waals surface area contributed by atoms with Crippen LogP contribution in [0.4, 0.5) is 0 Å². The van der Waals surface area contributed by atoms with Crippen molar-refractivity contribution in [2.45, 2.75) is 26.6 Å². The lowest BCUT2D eigenvalue weighted by Crippen LogP contribution is -2.48. The fourth-order valence-corrected chi connectivity index (χ4v) is 3.55. The summed E-state index contributed by atoms with van der Waals surface area (Å²) in [6.07, 6.45) is 0. The van der Waals surface area contributed by atoms with E-state index in [1.807, 2.05) is 42.2 Å². The maximum absolute atomic E-state index is 12.8. The van der Waals surface area contributed by atoms with Crippen molar-refractivity contribution < 1.29 is 9.53 Å². The number of amides is 1. The van der Waals surface area contributed by atoms with E-state index in [0.717, 1.165) is 32.7 Å². The van der Waals surface area contributed by atoms with E-state index in [-0.39, 0.29) is 12.5 Å². The molecule has 1 aromatic heterocycles. The molecular formula is C22H26N6O2. The van der Waals surface area contributed by atoms with Crippen molar-refractivity contribution in [1.82, 2.24) is 30.0 Å². The molecule has 1 amide bonds. The van der Waals surface area contributed by atoms with Gasteiger partial charge >= 0.3 is 0 Å². The van der Waals surface area contributed by atoms with Crippen molar-refractivity contribution in [3.05, 3.63) is 71.5 Å². The van der Waals surface area contributed by atoms with Gasteiger partial charge in [0.2, 0.25) is 0 Å². The Morgan fingerprint density at radius 3 is 2.43 bits per heavy atom. The second kappa shape index (κ2) is 9.49. The highest BCUT2D eigenvalue weighted by molar-refractivity contribution is 5.94. The largest absolute Gasteiger partial charge is 0.486 e. The van der Waals surface area contributed by atoms with E-state index in [4.69, 9.17) is 4.74 Å². The van der Waals surface area contributed by atoms with Gasteiger partial charge in [-0.05, 0) is 47.2 Å². The fourth-order valence-electron chi connectivity index (χ4n) is 3.55. The van der Waals surface area contributed by atoms with E-state index in [9.17, 15) is 4.79 Å². The van der Waals surface area contributed by atoms with Crippen LogP contribution in [0.3, 0.4) is 0 Å². The molecule has 0 aliphatic carbocycles. The Bertz CT molecular complexity index is 949. The second-order valence-corrected chi connectivity index (χ2v) is 7.28. The first-order valence-corrected chi connectivity index (χ1v) is 10.3. The van der Waals surface area contributed by atoms with Crippen molar-refractivity contribution in [1.29, 1.82) is 0 Å². The molecule has 8 heteroatoms. The van der Waals surface area contributed by atoms with Crippen molar-refractivity contribution in [2.75, 3.05) is 26.2 Å². The van der Waals surface area contributed by atoms with E-state index in [2.05, 4.69) is 44.7 Å². The lowest BCUT2D eigenvalue weighted by Gasteiger charge is -2.34. The highest BCUT2D eigenvalue weighted by Gasteiger charge is 2.22. The quantitative estimate of drug-likeness (QED) is 0.599. The summed E-state index contributed by atoms with van der Waals surface area (Å²) in [4.78, 5) is 17.2. The molecule has 4 rings (SSSR count). The topological polar surface area (TPSA) is 76.4 Å². The SMILES string of the molecule is CCn1nnnc1COc1ccc(C(=O)N2CCN(Cc3ccccc3)CC2)cc1. The summed E-state index contributed by atoms with van der Waals surface area (Å²) in [5.74, 6) is 1.42. The molecule has 0 saturated carbocycles. The number of hydrogen-bond donors (Lipinski definition) is 0. The number of hydrogen-bond acceptors (Lipinski definition) is 6. The summed E-state index contributed by atoms with van der Waals surface area (Å²) in [7, 11) is 0. The van der Waals surface area contributed by atoms with E-state index >= 15 is 0 Å². The zero-order valence-corrected chi connectivity index (χ0v) is 17.1. The van der Waals surface area contributed by atoms with Gasteiger partial charge in [0.05, 0.1) is 0 Å². The molecular weight excluding hydrogens is 380 g/mol. The Kier molecular flexibility index (Phi) is 6.34. The summed E-state index contributed by atoms with van der Waals surface area (Å²) in [6.45, 7) is 7.13. The number of aromatic nitrogens is 4. The number of aryl methyl sites for hydroxylation is 1. The predicted molar refractivity (Wildman–Crippen MR) is 112 cm³/mol. The van der Waals surface area contributed by atoms with Crippen LogP contribution in [0.2, 0.25) is 0 Å². The predicted octanol–water partition coefficient (Wildman–Crippen LogP) is 2.23. The van der Waals surface area contributed by atoms with E-state index in [1.165, 1.54) is 5.56 Å². The monoisotopic (exact) mass is 406 g/mol. The molecule has 0 unspecified atom stereocenters. The van der Waals surface area contributed by atoms with Crippen LogP contribution in [0.5, 0.6) is 5.75 Å². The van der Waals surface area contributed by atoms with Gasteiger partial charge in [0, 0.05) is 44.8 Å². The number of carbonyl (C=O) groups is 1. The van der Waals surface area contributed by atoms with Gasteiger partial charge in [-0.2, -0.15) is 0 Å². The summed E-state index contributed by atoms with van der Waals surface area (Å²) in [6, 6.07) is 17.7. The molecule has 0 radical (unpaired) electrons. The number of tetrazole rings is 1. The van der Waals surface area contributed by atoms with Gasteiger partial charge in [0.15, 0.2) is 5.82 Å². The standard InChI is InChI=1S/C22H26N6O2/c1-2-28-21(23-24-25-28)17-30-20-10-8-19(9-11-20)22(29)27-14-12-26(13-15-27)16-18-6-4-3-5-7-18/h3-11H,2,12-17H2,1H3. The first kappa shape index (κ1) is 20.0. The number of nitrogens with zero attached hydrogens (tertiary/aromatic N) is 6. The minimum absolute atomic E-state index is 0.0656. The number of ether oxygens (including phenoxy) is 1. The highest BCUT2D eigenvalue weighted by Crippen LogP contribution is 2.16. The molecule has 0 bridgehead atoms. The zero-order valence-electron chi connectivity index (χ0n) is 17.1. The Balaban J connectivity index is 1.27. The van der Waals surface area contributed by atoms with Gasteiger partial charge in [-0.1, -0.05) is 30.3 Å². The van der Waals surface area contributed by atoms with Gasteiger partial charge in [0.1, 0.15) is 12.4 Å². The summed E-state index contributed by atoms with van der Waals surface area (Å²) < 4.78 is 7.44. The van der Waals surface area contributed by atoms with Crippen LogP contribution >= 0.6 is 0 Å². The number of rotatable bonds is 7. The van der Waals surface area contributed by atoms with Gasteiger partial charge in [-0.25, -0.2) is 4.68 Å². The van der Waals surface area contributed by atoms with Gasteiger partial charge in [-0.3, -0.25) is 9.69 Å². The zero-order chi connectivity index (χ0) is 20.8. The van der Waals surface area contributed by atoms with Gasteiger partial charge < -0.3 is 9.64 Å². The third-order valence-corrected chi connectivity index (χ3v) is 5.28. The average Bonchev–Trinajstić information content (AvgIpc) is 3.26. The molecule has 0 atom stereocenters. The first-order chi connectivity index (χ1) is 14.7. The second-order valence-electron chi connectivity index (χ2n) is 7.28. The first-order valence-electron chi connectivity index (χ1n) is 10.3.